The van der Waals surface area contributed by atoms with Crippen molar-refractivity contribution in [3.63, 3.8) is 0 Å². The quantitative estimate of drug-likeness (QED) is 0.0987. The van der Waals surface area contributed by atoms with E-state index in [4.69, 9.17) is 23.5 Å². The van der Waals surface area contributed by atoms with Crippen LogP contribution in [0.1, 0.15) is 97.0 Å². The fourth-order valence-corrected chi connectivity index (χ4v) is 9.07. The minimum absolute atomic E-state index is 0.222. The molecule has 1 saturated heterocycles. The maximum absolute atomic E-state index is 14.4. The number of imidazole rings is 1. The molecule has 3 aliphatic rings. The van der Waals surface area contributed by atoms with Crippen molar-refractivity contribution in [3.05, 3.63) is 9.66 Å². The van der Waals surface area contributed by atoms with E-state index in [1.165, 1.54) is 32.4 Å². The first-order valence-corrected chi connectivity index (χ1v) is 19.7. The van der Waals surface area contributed by atoms with Gasteiger partial charge in [-0.25, -0.2) is 20.1 Å². The third-order valence-electron chi connectivity index (χ3n) is 9.28. The number of aliphatic hydroxyl groups excluding tert-OH is 1. The monoisotopic (exact) mass is 822 g/mol. The van der Waals surface area contributed by atoms with Crippen LogP contribution in [0.25, 0.3) is 11.2 Å². The second-order valence-corrected chi connectivity index (χ2v) is 16.2. The molecule has 6 atom stereocenters. The Balaban J connectivity index is 1.33. The molecule has 0 radical (unpaired) electrons. The highest BCUT2D eigenvalue weighted by molar-refractivity contribution is 14.1. The lowest BCUT2D eigenvalue weighted by molar-refractivity contribution is -0.152. The molecule has 2 aliphatic carbocycles. The van der Waals surface area contributed by atoms with Crippen LogP contribution in [0.2, 0.25) is 0 Å². The predicted octanol–water partition coefficient (Wildman–Crippen LogP) is 3.59. The number of aromatic nitrogens is 4. The van der Waals surface area contributed by atoms with E-state index in [9.17, 15) is 24.4 Å². The third kappa shape index (κ3) is 8.91. The molecule has 2 saturated carbocycles. The van der Waals surface area contributed by atoms with E-state index in [1.807, 2.05) is 22.6 Å². The second kappa shape index (κ2) is 16.1. The Labute approximate surface area is 299 Å². The number of hydrogen-bond donors (Lipinski definition) is 4. The summed E-state index contributed by atoms with van der Waals surface area (Å²) in [4.78, 5) is 39.3. The summed E-state index contributed by atoms with van der Waals surface area (Å²) < 4.78 is 45.1. The first-order chi connectivity index (χ1) is 23.2. The van der Waals surface area contributed by atoms with E-state index < -0.39 is 62.3 Å². The smallest absolute Gasteiger partial charge is 0.342 e. The number of nitrogens with one attached hydrogen (secondary N) is 2. The highest BCUT2D eigenvalue weighted by atomic mass is 127. The van der Waals surface area contributed by atoms with Gasteiger partial charge in [-0.2, -0.15) is 4.98 Å². The average molecular weight is 823 g/mol. The van der Waals surface area contributed by atoms with Crippen LogP contribution in [0.4, 0.5) is 0 Å². The molecule has 0 spiro atoms. The summed E-state index contributed by atoms with van der Waals surface area (Å²) in [5.41, 5.74) is -1.23. The summed E-state index contributed by atoms with van der Waals surface area (Å²) in [5, 5.41) is 28.3. The van der Waals surface area contributed by atoms with Gasteiger partial charge in [-0.15, -0.1) is 0 Å². The van der Waals surface area contributed by atoms with Crippen LogP contribution in [-0.4, -0.2) is 97.5 Å². The first kappa shape index (κ1) is 38.2. The Morgan fingerprint density at radius 2 is 1.53 bits per heavy atom. The molecule has 4 N–H and O–H groups in total. The van der Waals surface area contributed by atoms with Crippen LogP contribution < -0.4 is 14.9 Å². The summed E-state index contributed by atoms with van der Waals surface area (Å²) >= 11 is 1.96. The lowest BCUT2D eigenvalue weighted by Crippen LogP contribution is -2.46. The van der Waals surface area contributed by atoms with Crippen molar-refractivity contribution in [1.29, 1.82) is 0 Å². The molecule has 0 unspecified atom stereocenters. The Hall–Kier alpha value is -1.99. The van der Waals surface area contributed by atoms with Crippen molar-refractivity contribution in [2.75, 3.05) is 13.7 Å². The van der Waals surface area contributed by atoms with Gasteiger partial charge in [0.2, 0.25) is 5.88 Å². The molecular formula is C31H48IN6O10P. The normalized spacial score (nSPS) is 26.8. The van der Waals surface area contributed by atoms with Crippen molar-refractivity contribution in [1.82, 2.24) is 29.7 Å². The van der Waals surface area contributed by atoms with Gasteiger partial charge in [0.25, 0.3) is 0 Å². The number of carbonyl (C=O) groups is 2. The summed E-state index contributed by atoms with van der Waals surface area (Å²) in [5.74, 6) is -0.582. The lowest BCUT2D eigenvalue weighted by atomic mass is 9.96. The Bertz CT molecular complexity index is 1490. The van der Waals surface area contributed by atoms with Gasteiger partial charge >= 0.3 is 19.6 Å². The minimum atomic E-state index is -4.24. The number of aliphatic hydroxyl groups is 2. The molecule has 2 aromatic rings. The van der Waals surface area contributed by atoms with E-state index in [0.717, 1.165) is 64.2 Å². The summed E-state index contributed by atoms with van der Waals surface area (Å²) in [6.45, 7) is 5.58. The Kier molecular flexibility index (Phi) is 12.6. The third-order valence-corrected chi connectivity index (χ3v) is 12.0. The van der Waals surface area contributed by atoms with Gasteiger partial charge in [0.15, 0.2) is 21.2 Å². The topological polar surface area (TPSA) is 205 Å². The number of ether oxygens (including phenoxy) is 4. The van der Waals surface area contributed by atoms with Crippen LogP contribution in [0.3, 0.4) is 0 Å². The van der Waals surface area contributed by atoms with Crippen LogP contribution in [0.5, 0.6) is 5.88 Å². The molecule has 16 nitrogen and oxygen atoms in total. The number of esters is 2. The van der Waals surface area contributed by atoms with Crippen LogP contribution in [-0.2, 0) is 32.9 Å². The molecule has 0 amide bonds. The number of fused-ring (bicyclic) bond motifs is 1. The highest BCUT2D eigenvalue weighted by Crippen LogP contribution is 2.45. The Morgan fingerprint density at radius 1 is 1.00 bits per heavy atom. The minimum Gasteiger partial charge on any atom is -0.479 e. The van der Waals surface area contributed by atoms with Gasteiger partial charge in [0.1, 0.15) is 47.9 Å². The number of rotatable bonds is 13. The fourth-order valence-electron chi connectivity index (χ4n) is 6.53. The SMILES string of the molecule is COc1nc(C)nc2c1nc(I)n2[C@@H]1O[C@H](COP(=O)(N[C@@H](C)C(=O)OC2CCCCC2)N[C@@H](C)C(=O)OC2CCCCC2)[C@@H](O)[C@@]1(C)O. The fraction of sp³-hybridized carbons (Fsp3) is 0.774. The van der Waals surface area contributed by atoms with Crippen molar-refractivity contribution < 1.29 is 47.8 Å². The van der Waals surface area contributed by atoms with Gasteiger partial charge in [-0.3, -0.25) is 18.7 Å². The van der Waals surface area contributed by atoms with Crippen molar-refractivity contribution >= 4 is 53.4 Å². The molecule has 3 heterocycles. The van der Waals surface area contributed by atoms with E-state index in [1.54, 1.807) is 6.92 Å². The zero-order chi connectivity index (χ0) is 35.5. The summed E-state index contributed by atoms with van der Waals surface area (Å²) in [7, 11) is -2.79. The number of hydrogen-bond acceptors (Lipinski definition) is 13. The first-order valence-electron chi connectivity index (χ1n) is 17.0. The van der Waals surface area contributed by atoms with Crippen LogP contribution >= 0.6 is 30.3 Å². The van der Waals surface area contributed by atoms with Crippen LogP contribution in [0, 0.1) is 10.8 Å². The molecule has 2 aromatic heterocycles. The average Bonchev–Trinajstić information content (AvgIpc) is 3.50. The summed E-state index contributed by atoms with van der Waals surface area (Å²) in [6, 6.07) is -2.16. The van der Waals surface area contributed by atoms with Gasteiger partial charge in [-0.1, -0.05) is 12.8 Å². The summed E-state index contributed by atoms with van der Waals surface area (Å²) in [6.07, 6.45) is 4.71. The Morgan fingerprint density at radius 3 is 2.04 bits per heavy atom. The zero-order valence-electron chi connectivity index (χ0n) is 28.6. The second-order valence-electron chi connectivity index (χ2n) is 13.3. The maximum Gasteiger partial charge on any atom is 0.342 e. The molecule has 0 aromatic carbocycles. The number of nitrogens with zero attached hydrogens (tertiary/aromatic N) is 4. The van der Waals surface area contributed by atoms with E-state index >= 15 is 0 Å². The number of halogens is 1. The zero-order valence-corrected chi connectivity index (χ0v) is 31.6. The van der Waals surface area contributed by atoms with Crippen molar-refractivity contribution in [3.8, 4) is 5.88 Å². The maximum atomic E-state index is 14.4. The van der Waals surface area contributed by atoms with E-state index in [-0.39, 0.29) is 18.1 Å². The molecule has 5 rings (SSSR count). The van der Waals surface area contributed by atoms with Crippen molar-refractivity contribution in [2.45, 2.75) is 140 Å². The molecule has 49 heavy (non-hydrogen) atoms. The van der Waals surface area contributed by atoms with Gasteiger partial charge < -0.3 is 33.7 Å². The standard InChI is InChI=1S/C31H48IN6O10P/c1-17(27(40)46-20-12-8-6-9-13-20)36-49(43,37-18(2)28(41)47-21-14-10-7-11-15-21)45-16-22-24(39)31(4,42)29(48-22)38-25-23(35-30(38)32)26(44-5)34-19(3)33-25/h17-18,20-22,24,29,39,42H,6-16H2,1-5H3,(H2,36,37,43)/t17-,18-,22+,24+,29+,31+/m0/s1. The molecule has 3 fully saturated rings. The number of methoxy groups -OCH3 is 1. The number of aryl methyl sites for hydroxylation is 1. The molecule has 0 bridgehead atoms. The lowest BCUT2D eigenvalue weighted by Gasteiger charge is -2.29. The highest BCUT2D eigenvalue weighted by Gasteiger charge is 2.55. The van der Waals surface area contributed by atoms with Gasteiger partial charge in [-0.05, 0) is 79.1 Å². The molecule has 18 heteroatoms. The van der Waals surface area contributed by atoms with E-state index in [2.05, 4.69) is 25.1 Å². The molecule has 1 aliphatic heterocycles. The van der Waals surface area contributed by atoms with Gasteiger partial charge in [0, 0.05) is 22.6 Å². The van der Waals surface area contributed by atoms with Crippen LogP contribution in [0.15, 0.2) is 0 Å². The number of carbonyl (C=O) groups excluding carboxylic acids is 2. The van der Waals surface area contributed by atoms with Gasteiger partial charge in [0.05, 0.1) is 13.7 Å². The van der Waals surface area contributed by atoms with E-state index in [0.29, 0.717) is 20.8 Å². The predicted molar refractivity (Wildman–Crippen MR) is 185 cm³/mol. The molecule has 274 valence electrons. The molecular weight excluding hydrogens is 774 g/mol. The largest absolute Gasteiger partial charge is 0.479 e. The van der Waals surface area contributed by atoms with Crippen molar-refractivity contribution in [2.24, 2.45) is 0 Å².